The van der Waals surface area contributed by atoms with Crippen molar-refractivity contribution in [3.63, 3.8) is 0 Å². The summed E-state index contributed by atoms with van der Waals surface area (Å²) in [4.78, 5) is 14.6. The van der Waals surface area contributed by atoms with Crippen molar-refractivity contribution in [3.8, 4) is 28.1 Å². The monoisotopic (exact) mass is 441 g/mol. The van der Waals surface area contributed by atoms with E-state index in [1.54, 1.807) is 12.1 Å². The van der Waals surface area contributed by atoms with Gasteiger partial charge in [-0.1, -0.05) is 36.4 Å². The van der Waals surface area contributed by atoms with E-state index in [2.05, 4.69) is 29.1 Å². The van der Waals surface area contributed by atoms with Crippen LogP contribution in [0, 0.1) is 12.7 Å². The molecule has 3 aromatic carbocycles. The molecule has 1 heterocycles. The largest absolute Gasteiger partial charge is 0.309 e. The Labute approximate surface area is 194 Å². The topological polar surface area (TPSA) is 38.1 Å². The molecule has 4 aromatic rings. The molecule has 0 saturated carbocycles. The van der Waals surface area contributed by atoms with Crippen molar-refractivity contribution < 1.29 is 9.18 Å². The maximum absolute atomic E-state index is 13.5. The van der Waals surface area contributed by atoms with E-state index in [9.17, 15) is 9.18 Å². The van der Waals surface area contributed by atoms with Crippen LogP contribution in [-0.2, 0) is 0 Å². The third-order valence-electron chi connectivity index (χ3n) is 5.77. The number of carbonyl (C=O) groups excluding carboxylic acids is 1. The van der Waals surface area contributed by atoms with E-state index in [1.807, 2.05) is 61.4 Å². The van der Waals surface area contributed by atoms with Gasteiger partial charge in [-0.3, -0.25) is 4.79 Å². The first-order valence-corrected chi connectivity index (χ1v) is 11.1. The highest BCUT2D eigenvalue weighted by Gasteiger charge is 2.18. The Morgan fingerprint density at radius 3 is 2.30 bits per heavy atom. The quantitative estimate of drug-likeness (QED) is 0.307. The van der Waals surface area contributed by atoms with Crippen LogP contribution in [0.3, 0.4) is 0 Å². The number of aromatic nitrogens is 2. The van der Waals surface area contributed by atoms with Gasteiger partial charge in [-0.2, -0.15) is 5.10 Å². The first-order chi connectivity index (χ1) is 15.9. The van der Waals surface area contributed by atoms with E-state index in [4.69, 9.17) is 0 Å². The van der Waals surface area contributed by atoms with Gasteiger partial charge in [0.25, 0.3) is 0 Å². The number of rotatable bonds is 8. The minimum absolute atomic E-state index is 0.148. The first-order valence-electron chi connectivity index (χ1n) is 11.1. The number of Topliss-reactive ketones (excluding diaryl/α,β-unsaturated/α-hetero) is 1. The molecule has 0 spiro atoms. The number of benzene rings is 3. The molecule has 0 fully saturated rings. The predicted octanol–water partition coefficient (Wildman–Crippen LogP) is 6.18. The Kier molecular flexibility index (Phi) is 6.80. The van der Waals surface area contributed by atoms with Gasteiger partial charge >= 0.3 is 0 Å². The van der Waals surface area contributed by atoms with Gasteiger partial charge < -0.3 is 4.90 Å². The zero-order valence-electron chi connectivity index (χ0n) is 19.3. The molecule has 5 heteroatoms. The van der Waals surface area contributed by atoms with Gasteiger partial charge in [-0.25, -0.2) is 9.07 Å². The number of carbonyl (C=O) groups is 1. The third kappa shape index (κ3) is 5.10. The molecule has 0 saturated heterocycles. The van der Waals surface area contributed by atoms with E-state index in [-0.39, 0.29) is 11.6 Å². The number of aryl methyl sites for hydroxylation is 1. The van der Waals surface area contributed by atoms with Gasteiger partial charge in [0.1, 0.15) is 5.82 Å². The van der Waals surface area contributed by atoms with Gasteiger partial charge in [0.05, 0.1) is 17.6 Å². The van der Waals surface area contributed by atoms with Gasteiger partial charge in [0.15, 0.2) is 5.78 Å². The molecule has 0 atom stereocenters. The second-order valence-corrected chi connectivity index (χ2v) is 8.52. The van der Waals surface area contributed by atoms with Crippen molar-refractivity contribution in [1.29, 1.82) is 0 Å². The average Bonchev–Trinajstić information content (AvgIpc) is 3.24. The lowest BCUT2D eigenvalue weighted by Crippen LogP contribution is -2.14. The van der Waals surface area contributed by atoms with Crippen LogP contribution in [0.2, 0.25) is 0 Å². The van der Waals surface area contributed by atoms with E-state index in [0.29, 0.717) is 12.0 Å². The molecular weight excluding hydrogens is 413 g/mol. The second kappa shape index (κ2) is 9.92. The van der Waals surface area contributed by atoms with Crippen LogP contribution in [0.25, 0.3) is 28.1 Å². The molecule has 4 rings (SSSR count). The standard InChI is InChI=1S/C28H28FN3O/c1-20-7-4-5-8-25(20)28-26(21-10-14-23(29)15-11-21)19-30-32(28)24-16-12-22(13-17-24)27(33)9-6-18-31(2)3/h4-5,7-8,10-17,19H,6,9,18H2,1-3H3. The van der Waals surface area contributed by atoms with Gasteiger partial charge in [0.2, 0.25) is 0 Å². The zero-order chi connectivity index (χ0) is 23.4. The van der Waals surface area contributed by atoms with Crippen molar-refractivity contribution in [2.45, 2.75) is 19.8 Å². The van der Waals surface area contributed by atoms with Crippen molar-refractivity contribution in [1.82, 2.24) is 14.7 Å². The van der Waals surface area contributed by atoms with Crippen LogP contribution < -0.4 is 0 Å². The molecule has 0 N–H and O–H groups in total. The summed E-state index contributed by atoms with van der Waals surface area (Å²) in [7, 11) is 4.02. The molecule has 0 aliphatic carbocycles. The predicted molar refractivity (Wildman–Crippen MR) is 131 cm³/mol. The Morgan fingerprint density at radius 2 is 1.64 bits per heavy atom. The summed E-state index contributed by atoms with van der Waals surface area (Å²) in [5.41, 5.74) is 6.51. The number of halogens is 1. The smallest absolute Gasteiger partial charge is 0.162 e. The highest BCUT2D eigenvalue weighted by atomic mass is 19.1. The highest BCUT2D eigenvalue weighted by Crippen LogP contribution is 2.35. The Balaban J connectivity index is 1.71. The van der Waals surface area contributed by atoms with E-state index in [1.165, 1.54) is 12.1 Å². The molecule has 1 aromatic heterocycles. The van der Waals surface area contributed by atoms with Crippen molar-refractivity contribution in [3.05, 3.63) is 95.9 Å². The molecule has 0 bridgehead atoms. The maximum atomic E-state index is 13.5. The summed E-state index contributed by atoms with van der Waals surface area (Å²) in [6, 6.07) is 22.2. The lowest BCUT2D eigenvalue weighted by Gasteiger charge is -2.13. The Morgan fingerprint density at radius 1 is 0.939 bits per heavy atom. The number of nitrogens with zero attached hydrogens (tertiary/aromatic N) is 3. The second-order valence-electron chi connectivity index (χ2n) is 8.52. The van der Waals surface area contributed by atoms with Crippen LogP contribution in [0.15, 0.2) is 79.0 Å². The fourth-order valence-electron chi connectivity index (χ4n) is 3.97. The van der Waals surface area contributed by atoms with Gasteiger partial charge in [0, 0.05) is 23.1 Å². The van der Waals surface area contributed by atoms with Crippen LogP contribution in [0.4, 0.5) is 4.39 Å². The fourth-order valence-corrected chi connectivity index (χ4v) is 3.97. The number of ketones is 1. The van der Waals surface area contributed by atoms with Crippen LogP contribution in [-0.4, -0.2) is 41.1 Å². The molecular formula is C28H28FN3O. The molecule has 4 nitrogen and oxygen atoms in total. The molecule has 168 valence electrons. The van der Waals surface area contributed by atoms with Crippen molar-refractivity contribution in [2.24, 2.45) is 0 Å². The van der Waals surface area contributed by atoms with E-state index in [0.717, 1.165) is 46.6 Å². The van der Waals surface area contributed by atoms with Crippen molar-refractivity contribution in [2.75, 3.05) is 20.6 Å². The first kappa shape index (κ1) is 22.6. The summed E-state index contributed by atoms with van der Waals surface area (Å²) >= 11 is 0. The zero-order valence-corrected chi connectivity index (χ0v) is 19.3. The molecule has 0 aliphatic heterocycles. The van der Waals surface area contributed by atoms with Crippen LogP contribution in [0.1, 0.15) is 28.8 Å². The summed E-state index contributed by atoms with van der Waals surface area (Å²) in [6.45, 7) is 2.96. The summed E-state index contributed by atoms with van der Waals surface area (Å²) in [5, 5.41) is 4.68. The summed E-state index contributed by atoms with van der Waals surface area (Å²) < 4.78 is 15.4. The van der Waals surface area contributed by atoms with Crippen LogP contribution in [0.5, 0.6) is 0 Å². The number of hydrogen-bond donors (Lipinski definition) is 0. The third-order valence-corrected chi connectivity index (χ3v) is 5.77. The van der Waals surface area contributed by atoms with Gasteiger partial charge in [-0.15, -0.1) is 0 Å². The lowest BCUT2D eigenvalue weighted by molar-refractivity contribution is 0.0977. The molecule has 0 unspecified atom stereocenters. The molecule has 33 heavy (non-hydrogen) atoms. The Bertz CT molecular complexity index is 1240. The minimum atomic E-state index is -0.269. The van der Waals surface area contributed by atoms with Crippen LogP contribution >= 0.6 is 0 Å². The fraction of sp³-hybridized carbons (Fsp3) is 0.214. The molecule has 0 amide bonds. The maximum Gasteiger partial charge on any atom is 0.162 e. The minimum Gasteiger partial charge on any atom is -0.309 e. The Hall–Kier alpha value is -3.57. The highest BCUT2D eigenvalue weighted by molar-refractivity contribution is 5.96. The van der Waals surface area contributed by atoms with E-state index < -0.39 is 0 Å². The van der Waals surface area contributed by atoms with Gasteiger partial charge in [-0.05, 0) is 81.5 Å². The molecule has 0 aliphatic rings. The lowest BCUT2D eigenvalue weighted by atomic mass is 9.98. The van der Waals surface area contributed by atoms with E-state index >= 15 is 0 Å². The summed E-state index contributed by atoms with van der Waals surface area (Å²) in [6.07, 6.45) is 3.18. The van der Waals surface area contributed by atoms with Crippen molar-refractivity contribution >= 4 is 5.78 Å². The molecule has 0 radical (unpaired) electrons. The normalized spacial score (nSPS) is 11.2. The average molecular weight is 442 g/mol. The SMILES string of the molecule is Cc1ccccc1-c1c(-c2ccc(F)cc2)cnn1-c1ccc(C(=O)CCCN(C)C)cc1. The number of hydrogen-bond acceptors (Lipinski definition) is 3. The summed E-state index contributed by atoms with van der Waals surface area (Å²) in [5.74, 6) is -0.121.